The Morgan fingerprint density at radius 2 is 1.05 bits per heavy atom. The zero-order valence-electron chi connectivity index (χ0n) is 39.6. The molecule has 13 heteroatoms. The number of aliphatic hydroxyl groups excluding tert-OH is 3. The van der Waals surface area contributed by atoms with Crippen molar-refractivity contribution in [2.75, 3.05) is 26.4 Å². The van der Waals surface area contributed by atoms with E-state index >= 15 is 0 Å². The maximum atomic E-state index is 12.9. The van der Waals surface area contributed by atoms with Crippen LogP contribution in [-0.2, 0) is 38.3 Å². The zero-order valence-corrected chi connectivity index (χ0v) is 40.5. The van der Waals surface area contributed by atoms with E-state index in [-0.39, 0.29) is 19.6 Å². The molecular weight excluding hydrogens is 825 g/mol. The van der Waals surface area contributed by atoms with E-state index in [1.165, 1.54) is 122 Å². The summed E-state index contributed by atoms with van der Waals surface area (Å²) in [6.07, 6.45) is 40.3. The molecule has 1 fully saturated rings. The largest absolute Gasteiger partial charge is 0.457 e. The van der Waals surface area contributed by atoms with Crippen LogP contribution in [0.4, 0.5) is 0 Å². The topological polar surface area (TPSA) is 178 Å². The van der Waals surface area contributed by atoms with Crippen molar-refractivity contribution >= 4 is 16.4 Å². The first-order chi connectivity index (χ1) is 30.6. The van der Waals surface area contributed by atoms with E-state index in [0.29, 0.717) is 13.0 Å². The van der Waals surface area contributed by atoms with Crippen LogP contribution in [0.5, 0.6) is 0 Å². The minimum Gasteiger partial charge on any atom is -0.457 e. The molecule has 63 heavy (non-hydrogen) atoms. The first-order valence-corrected chi connectivity index (χ1v) is 26.6. The molecule has 6 unspecified atom stereocenters. The van der Waals surface area contributed by atoms with Gasteiger partial charge < -0.3 is 34.3 Å². The summed E-state index contributed by atoms with van der Waals surface area (Å²) in [7, 11) is -5.07. The van der Waals surface area contributed by atoms with Gasteiger partial charge in [0, 0.05) is 13.0 Å². The second-order valence-electron chi connectivity index (χ2n) is 17.4. The fourth-order valence-electron chi connectivity index (χ4n) is 7.64. The highest BCUT2D eigenvalue weighted by Crippen LogP contribution is 2.26. The van der Waals surface area contributed by atoms with Crippen LogP contribution in [0.2, 0.25) is 0 Å². The third kappa shape index (κ3) is 35.2. The van der Waals surface area contributed by atoms with Crippen molar-refractivity contribution in [2.24, 2.45) is 0 Å². The smallest absolute Gasteiger partial charge is 0.397 e. The van der Waals surface area contributed by atoms with Gasteiger partial charge >= 0.3 is 16.4 Å². The van der Waals surface area contributed by atoms with Crippen LogP contribution < -0.4 is 0 Å². The number of carbonyl (C=O) groups excluding carboxylic acids is 1. The number of carbonyl (C=O) groups is 1. The van der Waals surface area contributed by atoms with Crippen LogP contribution in [0.3, 0.4) is 0 Å². The molecule has 6 atom stereocenters. The van der Waals surface area contributed by atoms with Crippen LogP contribution in [0.15, 0.2) is 36.5 Å². The molecule has 0 aromatic heterocycles. The molecule has 0 radical (unpaired) electrons. The summed E-state index contributed by atoms with van der Waals surface area (Å²) in [5.41, 5.74) is 0. The first-order valence-electron chi connectivity index (χ1n) is 25.2. The fourth-order valence-corrected chi connectivity index (χ4v) is 8.15. The Labute approximate surface area is 383 Å². The lowest BCUT2D eigenvalue weighted by Gasteiger charge is -2.41. The molecule has 0 saturated carbocycles. The Kier molecular flexibility index (Phi) is 39.3. The third-order valence-corrected chi connectivity index (χ3v) is 12.0. The summed E-state index contributed by atoms with van der Waals surface area (Å²) in [4.78, 5) is 12.9. The molecular formula is C50H92O12S. The molecule has 370 valence electrons. The highest BCUT2D eigenvalue weighted by Gasteiger charge is 2.48. The molecule has 0 spiro atoms. The Balaban J connectivity index is 2.37. The highest BCUT2D eigenvalue weighted by molar-refractivity contribution is 7.80. The number of esters is 1. The normalized spacial score (nSPS) is 20.1. The monoisotopic (exact) mass is 917 g/mol. The van der Waals surface area contributed by atoms with Crippen molar-refractivity contribution in [3.63, 3.8) is 0 Å². The predicted octanol–water partition coefficient (Wildman–Crippen LogP) is 11.4. The highest BCUT2D eigenvalue weighted by atomic mass is 32.3. The van der Waals surface area contributed by atoms with Gasteiger partial charge in [-0.2, -0.15) is 8.42 Å². The van der Waals surface area contributed by atoms with Crippen LogP contribution >= 0.6 is 0 Å². The van der Waals surface area contributed by atoms with Crippen LogP contribution in [0.1, 0.15) is 213 Å². The molecule has 0 aromatic carbocycles. The Morgan fingerprint density at radius 3 is 1.54 bits per heavy atom. The van der Waals surface area contributed by atoms with Crippen LogP contribution in [-0.4, -0.2) is 97.5 Å². The standard InChI is InChI=1S/C50H92O12S/c1-3-5-7-9-11-13-15-17-19-21-22-23-24-26-28-30-32-34-36-38-40-58-42-44(43-59-50-48(54)49(62-63(55,56)57)47(53)45(41-51)61-50)60-46(52)39-37-35-33-31-29-27-25-20-18-16-14-12-10-8-6-4-2/h14,16-17,19-20,25,44-45,47-51,53-54H,3-13,15,18,21-24,26-43H2,1-2H3,(H,55,56,57)/b16-14-,19-17-,25-20-. The lowest BCUT2D eigenvalue weighted by molar-refractivity contribution is -0.301. The lowest BCUT2D eigenvalue weighted by Crippen LogP contribution is -2.60. The van der Waals surface area contributed by atoms with Crippen LogP contribution in [0.25, 0.3) is 0 Å². The summed E-state index contributed by atoms with van der Waals surface area (Å²) >= 11 is 0. The van der Waals surface area contributed by atoms with E-state index in [4.69, 9.17) is 18.9 Å². The molecule has 1 heterocycles. The summed E-state index contributed by atoms with van der Waals surface area (Å²) in [6, 6.07) is 0. The van der Waals surface area contributed by atoms with Crippen LogP contribution in [0, 0.1) is 0 Å². The zero-order chi connectivity index (χ0) is 46.1. The second kappa shape index (κ2) is 41.7. The predicted molar refractivity (Wildman–Crippen MR) is 253 cm³/mol. The number of aliphatic hydroxyl groups is 3. The molecule has 12 nitrogen and oxygen atoms in total. The molecule has 1 aliphatic heterocycles. The number of hydrogen-bond acceptors (Lipinski definition) is 11. The second-order valence-corrected chi connectivity index (χ2v) is 18.4. The van der Waals surface area contributed by atoms with Gasteiger partial charge in [-0.3, -0.25) is 9.35 Å². The summed E-state index contributed by atoms with van der Waals surface area (Å²) in [5, 5.41) is 30.7. The maximum absolute atomic E-state index is 12.9. The van der Waals surface area contributed by atoms with E-state index in [2.05, 4.69) is 54.5 Å². The van der Waals surface area contributed by atoms with Gasteiger partial charge in [0.1, 0.15) is 30.5 Å². The van der Waals surface area contributed by atoms with Crippen molar-refractivity contribution in [2.45, 2.75) is 250 Å². The van der Waals surface area contributed by atoms with Gasteiger partial charge in [0.2, 0.25) is 0 Å². The molecule has 0 aromatic rings. The Bertz CT molecular complexity index is 1240. The van der Waals surface area contributed by atoms with E-state index < -0.39 is 59.8 Å². The minimum absolute atomic E-state index is 0.0305. The summed E-state index contributed by atoms with van der Waals surface area (Å²) in [5.74, 6) is -0.412. The number of hydrogen-bond donors (Lipinski definition) is 4. The number of unbranched alkanes of at least 4 members (excludes halogenated alkanes) is 25. The van der Waals surface area contributed by atoms with E-state index in [1.807, 2.05) is 0 Å². The fraction of sp³-hybridized carbons (Fsp3) is 0.860. The third-order valence-electron chi connectivity index (χ3n) is 11.5. The average molecular weight is 917 g/mol. The van der Waals surface area contributed by atoms with Gasteiger partial charge in [-0.1, -0.05) is 172 Å². The van der Waals surface area contributed by atoms with Crippen molar-refractivity contribution in [1.29, 1.82) is 0 Å². The van der Waals surface area contributed by atoms with Gasteiger partial charge in [-0.05, 0) is 70.6 Å². The molecule has 0 aliphatic carbocycles. The van der Waals surface area contributed by atoms with Gasteiger partial charge in [-0.15, -0.1) is 0 Å². The Hall–Kier alpha value is -1.68. The SMILES string of the molecule is CCCCCC/C=C\C/C=C\CCCCCCCC(=O)OC(COCCCCCCCCCCCC/C=C\CCCCCCCC)COC1OC(CO)C(O)C(OS(=O)(=O)O)C1O. The molecule has 0 bridgehead atoms. The molecule has 1 aliphatic rings. The summed E-state index contributed by atoms with van der Waals surface area (Å²) in [6.45, 7) is 3.97. The molecule has 0 amide bonds. The average Bonchev–Trinajstić information content (AvgIpc) is 3.26. The quantitative estimate of drug-likeness (QED) is 0.0197. The number of rotatable bonds is 44. The van der Waals surface area contributed by atoms with Gasteiger partial charge in [0.25, 0.3) is 0 Å². The minimum atomic E-state index is -5.07. The van der Waals surface area contributed by atoms with Crippen molar-refractivity contribution in [3.8, 4) is 0 Å². The first kappa shape index (κ1) is 59.3. The van der Waals surface area contributed by atoms with Gasteiger partial charge in [-0.25, -0.2) is 4.18 Å². The van der Waals surface area contributed by atoms with Gasteiger partial charge in [0.05, 0.1) is 19.8 Å². The Morgan fingerprint density at radius 1 is 0.603 bits per heavy atom. The number of ether oxygens (including phenoxy) is 4. The van der Waals surface area contributed by atoms with Crippen molar-refractivity contribution < 1.29 is 56.2 Å². The van der Waals surface area contributed by atoms with Gasteiger partial charge in [0.15, 0.2) is 6.29 Å². The molecule has 1 rings (SSSR count). The van der Waals surface area contributed by atoms with E-state index in [9.17, 15) is 33.1 Å². The molecule has 1 saturated heterocycles. The lowest BCUT2D eigenvalue weighted by atomic mass is 9.99. The van der Waals surface area contributed by atoms with Crippen molar-refractivity contribution in [3.05, 3.63) is 36.5 Å². The van der Waals surface area contributed by atoms with E-state index in [1.54, 1.807) is 0 Å². The number of allylic oxidation sites excluding steroid dienone is 6. The maximum Gasteiger partial charge on any atom is 0.397 e. The summed E-state index contributed by atoms with van der Waals surface area (Å²) < 4.78 is 59.2. The molecule has 4 N–H and O–H groups in total. The van der Waals surface area contributed by atoms with E-state index in [0.717, 1.165) is 64.2 Å². The van der Waals surface area contributed by atoms with Crippen molar-refractivity contribution in [1.82, 2.24) is 0 Å².